The van der Waals surface area contributed by atoms with Crippen LogP contribution in [0.15, 0.2) is 32.0 Å². The third kappa shape index (κ3) is 3.06. The summed E-state index contributed by atoms with van der Waals surface area (Å²) < 4.78 is 28.8. The van der Waals surface area contributed by atoms with Gasteiger partial charge in [0, 0.05) is 21.5 Å². The lowest BCUT2D eigenvalue weighted by Gasteiger charge is -2.22. The van der Waals surface area contributed by atoms with Gasteiger partial charge in [0.2, 0.25) is 10.0 Å². The summed E-state index contributed by atoms with van der Waals surface area (Å²) in [4.78, 5) is 0.370. The summed E-state index contributed by atoms with van der Waals surface area (Å²) in [5, 5.41) is 0. The maximum Gasteiger partial charge on any atom is 0.244 e. The van der Waals surface area contributed by atoms with Crippen LogP contribution in [0.4, 0.5) is 0 Å². The molecule has 0 atom stereocenters. The molecule has 104 valence electrons. The summed E-state index contributed by atoms with van der Waals surface area (Å²) in [6.07, 6.45) is 4.33. The molecule has 2 fully saturated rings. The molecule has 0 radical (unpaired) electrons. The molecule has 0 bridgehead atoms. The molecule has 0 unspecified atom stereocenters. The molecule has 6 heteroatoms. The third-order valence-corrected chi connectivity index (χ3v) is 6.97. The zero-order chi connectivity index (χ0) is 13.6. The van der Waals surface area contributed by atoms with E-state index in [-0.39, 0.29) is 6.04 Å². The van der Waals surface area contributed by atoms with Crippen molar-refractivity contribution in [3.8, 4) is 0 Å². The SMILES string of the molecule is O=S(=O)(c1cc(Br)ccc1Br)N(CC1CC1)C1CC1. The van der Waals surface area contributed by atoms with Crippen molar-refractivity contribution in [3.05, 3.63) is 27.1 Å². The van der Waals surface area contributed by atoms with Gasteiger partial charge >= 0.3 is 0 Å². The predicted octanol–water partition coefficient (Wildman–Crippen LogP) is 3.77. The fourth-order valence-electron chi connectivity index (χ4n) is 2.16. The monoisotopic (exact) mass is 407 g/mol. The molecule has 2 aliphatic carbocycles. The Morgan fingerprint density at radius 3 is 2.42 bits per heavy atom. The second-order valence-electron chi connectivity index (χ2n) is 5.32. The van der Waals surface area contributed by atoms with Gasteiger partial charge in [-0.15, -0.1) is 0 Å². The summed E-state index contributed by atoms with van der Waals surface area (Å²) >= 11 is 6.71. The molecule has 1 aromatic rings. The number of nitrogens with zero attached hydrogens (tertiary/aromatic N) is 1. The van der Waals surface area contributed by atoms with E-state index in [0.29, 0.717) is 21.8 Å². The lowest BCUT2D eigenvalue weighted by atomic mass is 10.4. The minimum Gasteiger partial charge on any atom is -0.207 e. The smallest absolute Gasteiger partial charge is 0.207 e. The zero-order valence-electron chi connectivity index (χ0n) is 10.4. The van der Waals surface area contributed by atoms with E-state index in [1.165, 1.54) is 12.8 Å². The predicted molar refractivity (Wildman–Crippen MR) is 81.5 cm³/mol. The van der Waals surface area contributed by atoms with Crippen LogP contribution < -0.4 is 0 Å². The van der Waals surface area contributed by atoms with Crippen LogP contribution in [0, 0.1) is 5.92 Å². The van der Waals surface area contributed by atoms with Crippen molar-refractivity contribution in [1.82, 2.24) is 4.31 Å². The van der Waals surface area contributed by atoms with E-state index < -0.39 is 10.0 Å². The Labute approximate surface area is 130 Å². The largest absolute Gasteiger partial charge is 0.244 e. The standard InChI is InChI=1S/C13H15Br2NO2S/c14-10-3-6-12(15)13(7-10)19(17,18)16(11-4-5-11)8-9-1-2-9/h3,6-7,9,11H,1-2,4-5,8H2. The van der Waals surface area contributed by atoms with Crippen LogP contribution in [0.2, 0.25) is 0 Å². The Balaban J connectivity index is 1.96. The van der Waals surface area contributed by atoms with Gasteiger partial charge in [0.05, 0.1) is 4.90 Å². The number of halogens is 2. The molecule has 0 N–H and O–H groups in total. The summed E-state index contributed by atoms with van der Waals surface area (Å²) in [6.45, 7) is 0.686. The van der Waals surface area contributed by atoms with Crippen molar-refractivity contribution >= 4 is 41.9 Å². The molecule has 2 saturated carbocycles. The Bertz CT molecular complexity index is 595. The van der Waals surface area contributed by atoms with Crippen LogP contribution in [0.3, 0.4) is 0 Å². The van der Waals surface area contributed by atoms with E-state index in [9.17, 15) is 8.42 Å². The average molecular weight is 409 g/mol. The quantitative estimate of drug-likeness (QED) is 0.743. The number of hydrogen-bond donors (Lipinski definition) is 0. The summed E-state index contributed by atoms with van der Waals surface area (Å²) in [7, 11) is -3.39. The first kappa shape index (κ1) is 14.0. The Morgan fingerprint density at radius 1 is 1.16 bits per heavy atom. The summed E-state index contributed by atoms with van der Waals surface area (Å²) in [5.74, 6) is 0.571. The lowest BCUT2D eigenvalue weighted by molar-refractivity contribution is 0.388. The maximum absolute atomic E-state index is 12.8. The highest BCUT2D eigenvalue weighted by Gasteiger charge is 2.41. The van der Waals surface area contributed by atoms with Crippen molar-refractivity contribution in [3.63, 3.8) is 0 Å². The van der Waals surface area contributed by atoms with Crippen LogP contribution in [0.5, 0.6) is 0 Å². The zero-order valence-corrected chi connectivity index (χ0v) is 14.3. The number of rotatable bonds is 5. The van der Waals surface area contributed by atoms with Gasteiger partial charge in [-0.05, 0) is 65.7 Å². The first-order valence-electron chi connectivity index (χ1n) is 6.45. The van der Waals surface area contributed by atoms with E-state index in [0.717, 1.165) is 17.3 Å². The van der Waals surface area contributed by atoms with Crippen molar-refractivity contribution in [2.24, 2.45) is 5.92 Å². The minimum absolute atomic E-state index is 0.219. The van der Waals surface area contributed by atoms with Gasteiger partial charge in [0.15, 0.2) is 0 Å². The van der Waals surface area contributed by atoms with Crippen molar-refractivity contribution < 1.29 is 8.42 Å². The molecule has 1 aromatic carbocycles. The molecule has 0 spiro atoms. The van der Waals surface area contributed by atoms with Crippen LogP contribution in [0.25, 0.3) is 0 Å². The summed E-state index contributed by atoms with van der Waals surface area (Å²) in [5.41, 5.74) is 0. The Hall–Kier alpha value is 0.0900. The highest BCUT2D eigenvalue weighted by atomic mass is 79.9. The molecular weight excluding hydrogens is 394 g/mol. The highest BCUT2D eigenvalue weighted by molar-refractivity contribution is 9.11. The number of benzene rings is 1. The Kier molecular flexibility index (Phi) is 3.79. The molecule has 0 saturated heterocycles. The van der Waals surface area contributed by atoms with Gasteiger partial charge in [-0.25, -0.2) is 8.42 Å². The van der Waals surface area contributed by atoms with E-state index in [2.05, 4.69) is 31.9 Å². The molecule has 3 rings (SSSR count). The molecule has 0 heterocycles. The first-order valence-corrected chi connectivity index (χ1v) is 9.48. The second kappa shape index (κ2) is 5.13. The summed E-state index contributed by atoms with van der Waals surface area (Å²) in [6, 6.07) is 5.52. The van der Waals surface area contributed by atoms with Gasteiger partial charge in [-0.3, -0.25) is 0 Å². The maximum atomic E-state index is 12.8. The van der Waals surface area contributed by atoms with Gasteiger partial charge in [-0.1, -0.05) is 15.9 Å². The van der Waals surface area contributed by atoms with Crippen LogP contribution >= 0.6 is 31.9 Å². The van der Waals surface area contributed by atoms with Gasteiger partial charge in [0.25, 0.3) is 0 Å². The Morgan fingerprint density at radius 2 is 1.84 bits per heavy atom. The highest BCUT2D eigenvalue weighted by Crippen LogP contribution is 2.39. The molecule has 19 heavy (non-hydrogen) atoms. The second-order valence-corrected chi connectivity index (χ2v) is 8.95. The van der Waals surface area contributed by atoms with E-state index in [4.69, 9.17) is 0 Å². The third-order valence-electron chi connectivity index (χ3n) is 3.57. The first-order chi connectivity index (χ1) is 8.98. The van der Waals surface area contributed by atoms with Crippen LogP contribution in [-0.4, -0.2) is 25.3 Å². The van der Waals surface area contributed by atoms with Gasteiger partial charge < -0.3 is 0 Å². The normalized spacial score (nSPS) is 19.9. The molecule has 0 aromatic heterocycles. The van der Waals surface area contributed by atoms with Gasteiger partial charge in [0.1, 0.15) is 0 Å². The fourth-order valence-corrected chi connectivity index (χ4v) is 5.39. The molecular formula is C13H15Br2NO2S. The minimum atomic E-state index is -3.39. The number of hydrogen-bond acceptors (Lipinski definition) is 2. The van der Waals surface area contributed by atoms with Crippen molar-refractivity contribution in [1.29, 1.82) is 0 Å². The van der Waals surface area contributed by atoms with E-state index >= 15 is 0 Å². The average Bonchev–Trinajstić information content (AvgIpc) is 3.22. The van der Waals surface area contributed by atoms with Crippen LogP contribution in [-0.2, 0) is 10.0 Å². The topological polar surface area (TPSA) is 37.4 Å². The van der Waals surface area contributed by atoms with Crippen molar-refractivity contribution in [2.75, 3.05) is 6.54 Å². The fraction of sp³-hybridized carbons (Fsp3) is 0.538. The van der Waals surface area contributed by atoms with Crippen molar-refractivity contribution in [2.45, 2.75) is 36.6 Å². The van der Waals surface area contributed by atoms with E-state index in [1.54, 1.807) is 16.4 Å². The van der Waals surface area contributed by atoms with Crippen LogP contribution in [0.1, 0.15) is 25.7 Å². The number of sulfonamides is 1. The molecule has 0 aliphatic heterocycles. The molecule has 3 nitrogen and oxygen atoms in total. The van der Waals surface area contributed by atoms with Gasteiger partial charge in [-0.2, -0.15) is 4.31 Å². The lowest BCUT2D eigenvalue weighted by Crippen LogP contribution is -2.35. The molecule has 2 aliphatic rings. The van der Waals surface area contributed by atoms with E-state index in [1.807, 2.05) is 6.07 Å². The molecule has 0 amide bonds.